The average Bonchev–Trinajstić information content (AvgIpc) is 2.59. The maximum atomic E-state index is 6.55. The first-order valence-corrected chi connectivity index (χ1v) is 9.22. The molecule has 0 heterocycles. The van der Waals surface area contributed by atoms with Gasteiger partial charge in [-0.1, -0.05) is 130 Å². The number of halogens is 6. The van der Waals surface area contributed by atoms with Gasteiger partial charge < -0.3 is 0 Å². The molecule has 6 heteroatoms. The molecule has 2 aromatic rings. The molecule has 2 aromatic carbocycles. The molecule has 0 aliphatic heterocycles. The quantitative estimate of drug-likeness (QED) is 0.422. The largest absolute Gasteiger partial charge is 0.181 e. The van der Waals surface area contributed by atoms with Crippen molar-refractivity contribution in [1.29, 1.82) is 0 Å². The normalized spacial score (nSPS) is 22.6. The Kier molecular flexibility index (Phi) is 5.20. The molecule has 0 nitrogen and oxygen atoms in total. The highest BCUT2D eigenvalue weighted by Crippen LogP contribution is 2.68. The van der Waals surface area contributed by atoms with Crippen LogP contribution in [0.25, 0.3) is 10.1 Å². The Balaban J connectivity index is 2.24. The smallest absolute Gasteiger partial charge is 0.0924 e. The van der Waals surface area contributed by atoms with Crippen molar-refractivity contribution in [3.8, 4) is 0 Å². The first kappa shape index (κ1) is 18.5. The van der Waals surface area contributed by atoms with E-state index in [1.165, 1.54) is 0 Å². The third kappa shape index (κ3) is 2.88. The van der Waals surface area contributed by atoms with Crippen LogP contribution in [-0.4, -0.2) is 8.67 Å². The lowest BCUT2D eigenvalue weighted by atomic mass is 9.80. The van der Waals surface area contributed by atoms with Crippen LogP contribution in [-0.2, 0) is 0 Å². The first-order valence-electron chi connectivity index (χ1n) is 6.96. The molecule has 0 atom stereocenters. The van der Waals surface area contributed by atoms with E-state index in [1.807, 2.05) is 60.7 Å². The van der Waals surface area contributed by atoms with E-state index >= 15 is 0 Å². The molecule has 24 heavy (non-hydrogen) atoms. The first-order chi connectivity index (χ1) is 11.3. The summed E-state index contributed by atoms with van der Waals surface area (Å²) in [5.74, 6) is 0. The van der Waals surface area contributed by atoms with Crippen molar-refractivity contribution in [2.45, 2.75) is 8.67 Å². The maximum Gasteiger partial charge on any atom is 0.181 e. The van der Waals surface area contributed by atoms with Crippen molar-refractivity contribution in [1.82, 2.24) is 0 Å². The van der Waals surface area contributed by atoms with E-state index in [4.69, 9.17) is 69.6 Å². The second-order valence-electron chi connectivity index (χ2n) is 5.26. The maximum absolute atomic E-state index is 6.55. The third-order valence-electron chi connectivity index (χ3n) is 3.77. The molecule has 124 valence electrons. The zero-order valence-electron chi connectivity index (χ0n) is 12.0. The Morgan fingerprint density at radius 3 is 1.12 bits per heavy atom. The van der Waals surface area contributed by atoms with Crippen LogP contribution in [0.3, 0.4) is 0 Å². The topological polar surface area (TPSA) is 0 Å². The van der Waals surface area contributed by atoms with Crippen molar-refractivity contribution in [2.75, 3.05) is 0 Å². The van der Waals surface area contributed by atoms with Gasteiger partial charge in [0, 0.05) is 11.1 Å². The molecule has 1 aliphatic rings. The summed E-state index contributed by atoms with van der Waals surface area (Å²) in [6, 6.07) is 18.6. The summed E-state index contributed by atoms with van der Waals surface area (Å²) in [6.07, 6.45) is 0. The molecular weight excluding hydrogens is 429 g/mol. The number of rotatable bonds is 2. The van der Waals surface area contributed by atoms with E-state index in [2.05, 4.69) is 0 Å². The lowest BCUT2D eigenvalue weighted by molar-refractivity contribution is 0.725. The highest BCUT2D eigenvalue weighted by Gasteiger charge is 2.66. The van der Waals surface area contributed by atoms with E-state index in [1.54, 1.807) is 0 Å². The van der Waals surface area contributed by atoms with Crippen molar-refractivity contribution in [3.05, 3.63) is 82.9 Å². The summed E-state index contributed by atoms with van der Waals surface area (Å²) >= 11 is 38.7. The lowest BCUT2D eigenvalue weighted by Gasteiger charge is -2.49. The summed E-state index contributed by atoms with van der Waals surface area (Å²) in [5.41, 5.74) is 2.33. The average molecular weight is 439 g/mol. The Bertz CT molecular complexity index is 748. The van der Waals surface area contributed by atoms with Gasteiger partial charge in [0.05, 0.1) is 10.1 Å². The van der Waals surface area contributed by atoms with Crippen LogP contribution in [0.1, 0.15) is 11.1 Å². The van der Waals surface area contributed by atoms with Gasteiger partial charge in [-0.2, -0.15) is 0 Å². The summed E-state index contributed by atoms with van der Waals surface area (Å²) in [4.78, 5) is 0. The molecule has 3 rings (SSSR count). The Labute approximate surface area is 170 Å². The minimum Gasteiger partial charge on any atom is -0.0924 e. The van der Waals surface area contributed by atoms with Gasteiger partial charge in [0.25, 0.3) is 0 Å². The minimum atomic E-state index is -1.58. The van der Waals surface area contributed by atoms with Gasteiger partial charge in [0.2, 0.25) is 0 Å². The SMILES string of the molecule is Cl/C(=C1/C(=C(\Cl)c2ccccc2)C(Cl)(Cl)C1(Cl)Cl)c1ccccc1. The Morgan fingerprint density at radius 2 is 0.833 bits per heavy atom. The molecule has 0 aromatic heterocycles. The molecule has 0 N–H and O–H groups in total. The van der Waals surface area contributed by atoms with Crippen molar-refractivity contribution < 1.29 is 0 Å². The van der Waals surface area contributed by atoms with Crippen LogP contribution < -0.4 is 0 Å². The third-order valence-corrected chi connectivity index (χ3v) is 6.86. The predicted molar refractivity (Wildman–Crippen MR) is 107 cm³/mol. The van der Waals surface area contributed by atoms with E-state index in [0.717, 1.165) is 11.1 Å². The van der Waals surface area contributed by atoms with Gasteiger partial charge in [-0.25, -0.2) is 0 Å². The van der Waals surface area contributed by atoms with Gasteiger partial charge >= 0.3 is 0 Å². The summed E-state index contributed by atoms with van der Waals surface area (Å²) in [7, 11) is 0. The zero-order valence-corrected chi connectivity index (χ0v) is 16.6. The fraction of sp³-hybridized carbons (Fsp3) is 0.111. The fourth-order valence-electron chi connectivity index (χ4n) is 2.52. The second-order valence-corrected chi connectivity index (χ2v) is 8.67. The van der Waals surface area contributed by atoms with Gasteiger partial charge in [-0.3, -0.25) is 0 Å². The van der Waals surface area contributed by atoms with Gasteiger partial charge in [-0.05, 0) is 11.1 Å². The van der Waals surface area contributed by atoms with E-state index in [9.17, 15) is 0 Å². The minimum absolute atomic E-state index is 0.363. The molecule has 0 amide bonds. The number of benzene rings is 2. The molecular formula is C18H10Cl6. The van der Waals surface area contributed by atoms with Crippen LogP contribution in [0.5, 0.6) is 0 Å². The van der Waals surface area contributed by atoms with E-state index in [-0.39, 0.29) is 0 Å². The van der Waals surface area contributed by atoms with Crippen molar-refractivity contribution >= 4 is 79.7 Å². The van der Waals surface area contributed by atoms with Crippen LogP contribution in [0.2, 0.25) is 0 Å². The highest BCUT2D eigenvalue weighted by molar-refractivity contribution is 6.71. The number of allylic oxidation sites excluding steroid dienone is 2. The van der Waals surface area contributed by atoms with E-state index < -0.39 is 8.67 Å². The molecule has 1 saturated carbocycles. The lowest BCUT2D eigenvalue weighted by Crippen LogP contribution is -2.52. The summed E-state index contributed by atoms with van der Waals surface area (Å²) < 4.78 is -3.15. The van der Waals surface area contributed by atoms with Gasteiger partial charge in [0.15, 0.2) is 8.67 Å². The molecule has 0 radical (unpaired) electrons. The van der Waals surface area contributed by atoms with Crippen molar-refractivity contribution in [2.24, 2.45) is 0 Å². The number of hydrogen-bond acceptors (Lipinski definition) is 0. The van der Waals surface area contributed by atoms with E-state index in [0.29, 0.717) is 21.2 Å². The molecule has 0 saturated heterocycles. The molecule has 0 bridgehead atoms. The second kappa shape index (κ2) is 6.76. The Hall–Kier alpha value is -0.340. The number of alkyl halides is 4. The molecule has 0 spiro atoms. The predicted octanol–water partition coefficient (Wildman–Crippen LogP) is 7.65. The Morgan fingerprint density at radius 1 is 0.542 bits per heavy atom. The monoisotopic (exact) mass is 436 g/mol. The molecule has 1 fully saturated rings. The molecule has 1 aliphatic carbocycles. The van der Waals surface area contributed by atoms with Crippen LogP contribution >= 0.6 is 69.6 Å². The van der Waals surface area contributed by atoms with Crippen LogP contribution in [0.4, 0.5) is 0 Å². The number of hydrogen-bond donors (Lipinski definition) is 0. The molecule has 0 unspecified atom stereocenters. The standard InChI is InChI=1S/C18H10Cl6/c19-15(11-7-3-1-4-8-11)13-14(18(23,24)17(13,21)22)16(20)12-9-5-2-6-10-12/h1-10H/b15-13-,16-14+. The highest BCUT2D eigenvalue weighted by atomic mass is 35.5. The van der Waals surface area contributed by atoms with Crippen molar-refractivity contribution in [3.63, 3.8) is 0 Å². The van der Waals surface area contributed by atoms with Gasteiger partial charge in [0.1, 0.15) is 0 Å². The van der Waals surface area contributed by atoms with Crippen LogP contribution in [0, 0.1) is 0 Å². The van der Waals surface area contributed by atoms with Crippen LogP contribution in [0.15, 0.2) is 71.8 Å². The summed E-state index contributed by atoms with van der Waals surface area (Å²) in [6.45, 7) is 0. The van der Waals surface area contributed by atoms with Gasteiger partial charge in [-0.15, -0.1) is 0 Å². The summed E-state index contributed by atoms with van der Waals surface area (Å²) in [5, 5.41) is 0.725. The zero-order chi connectivity index (χ0) is 17.5. The fourth-order valence-corrected chi connectivity index (χ4v) is 4.57.